The van der Waals surface area contributed by atoms with Crippen molar-refractivity contribution in [2.45, 2.75) is 18.2 Å². The van der Waals surface area contributed by atoms with Crippen LogP contribution in [0.1, 0.15) is 23.7 Å². The van der Waals surface area contributed by atoms with Crippen LogP contribution in [-0.4, -0.2) is 25.9 Å². The predicted molar refractivity (Wildman–Crippen MR) is 116 cm³/mol. The number of aromatic nitrogens is 1. The first-order chi connectivity index (χ1) is 14.4. The standard InChI is InChI=1S/C21H20ClN3O4S/c1-2-12-23-20(26)19-7-4-13-24-21(19)29-17-6-3-5-16(14-17)25-30(27,28)18-10-8-15(22)9-11-18/h3-11,13-14,25H,2,12H2,1H3,(H,23,26). The van der Waals surface area contributed by atoms with E-state index in [2.05, 4.69) is 15.0 Å². The molecule has 0 aliphatic rings. The van der Waals surface area contributed by atoms with Gasteiger partial charge in [-0.25, -0.2) is 13.4 Å². The van der Waals surface area contributed by atoms with Gasteiger partial charge >= 0.3 is 0 Å². The van der Waals surface area contributed by atoms with E-state index in [1.165, 1.54) is 36.5 Å². The summed E-state index contributed by atoms with van der Waals surface area (Å²) in [5, 5.41) is 3.22. The molecule has 3 aromatic rings. The summed E-state index contributed by atoms with van der Waals surface area (Å²) in [5.74, 6) is 0.165. The lowest BCUT2D eigenvalue weighted by Gasteiger charge is -2.12. The van der Waals surface area contributed by atoms with Crippen LogP contribution in [0.2, 0.25) is 5.02 Å². The number of nitrogens with zero attached hydrogens (tertiary/aromatic N) is 1. The van der Waals surface area contributed by atoms with Crippen LogP contribution in [0.4, 0.5) is 5.69 Å². The number of amides is 1. The quantitative estimate of drug-likeness (QED) is 0.533. The van der Waals surface area contributed by atoms with E-state index >= 15 is 0 Å². The average Bonchev–Trinajstić information content (AvgIpc) is 2.72. The summed E-state index contributed by atoms with van der Waals surface area (Å²) in [6.45, 7) is 2.49. The maximum absolute atomic E-state index is 12.6. The highest BCUT2D eigenvalue weighted by atomic mass is 35.5. The maximum atomic E-state index is 12.6. The van der Waals surface area contributed by atoms with E-state index in [1.54, 1.807) is 30.3 Å². The largest absolute Gasteiger partial charge is 0.438 e. The molecule has 0 spiro atoms. The van der Waals surface area contributed by atoms with Crippen LogP contribution in [-0.2, 0) is 10.0 Å². The van der Waals surface area contributed by atoms with Gasteiger partial charge in [0.15, 0.2) is 0 Å². The number of carbonyl (C=O) groups is 1. The highest BCUT2D eigenvalue weighted by molar-refractivity contribution is 7.92. The van der Waals surface area contributed by atoms with Crippen molar-refractivity contribution in [3.8, 4) is 11.6 Å². The highest BCUT2D eigenvalue weighted by Gasteiger charge is 2.16. The smallest absolute Gasteiger partial charge is 0.261 e. The summed E-state index contributed by atoms with van der Waals surface area (Å²) in [5.41, 5.74) is 0.591. The van der Waals surface area contributed by atoms with E-state index in [0.717, 1.165) is 6.42 Å². The van der Waals surface area contributed by atoms with Crippen molar-refractivity contribution in [1.82, 2.24) is 10.3 Å². The molecule has 2 N–H and O–H groups in total. The molecule has 0 atom stereocenters. The Morgan fingerprint density at radius 2 is 1.87 bits per heavy atom. The molecule has 0 unspecified atom stereocenters. The minimum Gasteiger partial charge on any atom is -0.438 e. The molecule has 0 bridgehead atoms. The first kappa shape index (κ1) is 21.6. The number of ether oxygens (including phenoxy) is 1. The molecule has 0 fully saturated rings. The van der Waals surface area contributed by atoms with E-state index in [1.807, 2.05) is 6.92 Å². The Balaban J connectivity index is 1.80. The fraction of sp³-hybridized carbons (Fsp3) is 0.143. The second kappa shape index (κ2) is 9.60. The molecule has 3 rings (SSSR count). The first-order valence-corrected chi connectivity index (χ1v) is 11.0. The van der Waals surface area contributed by atoms with Crippen molar-refractivity contribution < 1.29 is 17.9 Å². The molecule has 0 saturated carbocycles. The zero-order valence-corrected chi connectivity index (χ0v) is 17.7. The van der Waals surface area contributed by atoms with Crippen LogP contribution in [0.3, 0.4) is 0 Å². The Kier molecular flexibility index (Phi) is 6.91. The van der Waals surface area contributed by atoms with Crippen molar-refractivity contribution in [3.63, 3.8) is 0 Å². The zero-order chi connectivity index (χ0) is 21.6. The van der Waals surface area contributed by atoms with Crippen LogP contribution in [0, 0.1) is 0 Å². The molecular weight excluding hydrogens is 426 g/mol. The van der Waals surface area contributed by atoms with Crippen molar-refractivity contribution in [1.29, 1.82) is 0 Å². The maximum Gasteiger partial charge on any atom is 0.261 e. The number of anilines is 1. The molecule has 2 aromatic carbocycles. The molecule has 30 heavy (non-hydrogen) atoms. The SMILES string of the molecule is CCCNC(=O)c1cccnc1Oc1cccc(NS(=O)(=O)c2ccc(Cl)cc2)c1. The fourth-order valence-corrected chi connectivity index (χ4v) is 3.72. The second-order valence-electron chi connectivity index (χ2n) is 6.30. The first-order valence-electron chi connectivity index (χ1n) is 9.18. The number of sulfonamides is 1. The average molecular weight is 446 g/mol. The number of benzene rings is 2. The van der Waals surface area contributed by atoms with E-state index in [4.69, 9.17) is 16.3 Å². The Labute approximate surface area is 180 Å². The van der Waals surface area contributed by atoms with Gasteiger partial charge in [-0.3, -0.25) is 9.52 Å². The van der Waals surface area contributed by atoms with Crippen molar-refractivity contribution in [3.05, 3.63) is 77.4 Å². The topological polar surface area (TPSA) is 97.4 Å². The lowest BCUT2D eigenvalue weighted by molar-refractivity contribution is 0.0950. The van der Waals surface area contributed by atoms with Gasteiger partial charge in [0.1, 0.15) is 11.3 Å². The van der Waals surface area contributed by atoms with Crippen molar-refractivity contribution >= 4 is 33.2 Å². The number of hydrogen-bond donors (Lipinski definition) is 2. The third kappa shape index (κ3) is 5.49. The normalized spacial score (nSPS) is 11.0. The number of halogens is 1. The molecule has 1 amide bonds. The number of pyridine rings is 1. The van der Waals surface area contributed by atoms with Gasteiger partial charge in [0.2, 0.25) is 5.88 Å². The summed E-state index contributed by atoms with van der Waals surface area (Å²) in [7, 11) is -3.80. The van der Waals surface area contributed by atoms with Crippen LogP contribution in [0.5, 0.6) is 11.6 Å². The van der Waals surface area contributed by atoms with Crippen molar-refractivity contribution in [2.75, 3.05) is 11.3 Å². The van der Waals surface area contributed by atoms with Gasteiger partial charge in [-0.1, -0.05) is 24.6 Å². The zero-order valence-electron chi connectivity index (χ0n) is 16.1. The minimum absolute atomic E-state index is 0.0813. The summed E-state index contributed by atoms with van der Waals surface area (Å²) < 4.78 is 33.4. The van der Waals surface area contributed by atoms with Gasteiger partial charge in [-0.05, 0) is 55.0 Å². The number of carbonyl (C=O) groups excluding carboxylic acids is 1. The Morgan fingerprint density at radius 1 is 1.10 bits per heavy atom. The number of rotatable bonds is 8. The third-order valence-electron chi connectivity index (χ3n) is 3.98. The van der Waals surface area contributed by atoms with E-state index in [-0.39, 0.29) is 22.2 Å². The van der Waals surface area contributed by atoms with Gasteiger partial charge in [0, 0.05) is 23.8 Å². The number of nitrogens with one attached hydrogen (secondary N) is 2. The third-order valence-corrected chi connectivity index (χ3v) is 5.63. The monoisotopic (exact) mass is 445 g/mol. The Bertz CT molecular complexity index is 1130. The highest BCUT2D eigenvalue weighted by Crippen LogP contribution is 2.27. The van der Waals surface area contributed by atoms with Crippen LogP contribution in [0.15, 0.2) is 71.8 Å². The molecule has 0 radical (unpaired) electrons. The van der Waals surface area contributed by atoms with Gasteiger partial charge in [0.25, 0.3) is 15.9 Å². The molecule has 0 aliphatic heterocycles. The van der Waals surface area contributed by atoms with Crippen LogP contribution >= 0.6 is 11.6 Å². The van der Waals surface area contributed by atoms with Crippen molar-refractivity contribution in [2.24, 2.45) is 0 Å². The van der Waals surface area contributed by atoms with Crippen LogP contribution in [0.25, 0.3) is 0 Å². The summed E-state index contributed by atoms with van der Waals surface area (Å²) >= 11 is 5.82. The van der Waals surface area contributed by atoms with E-state index in [9.17, 15) is 13.2 Å². The summed E-state index contributed by atoms with van der Waals surface area (Å²) in [4.78, 5) is 16.5. The molecule has 156 valence electrons. The molecule has 7 nitrogen and oxygen atoms in total. The summed E-state index contributed by atoms with van der Waals surface area (Å²) in [6, 6.07) is 15.5. The Morgan fingerprint density at radius 3 is 2.60 bits per heavy atom. The number of hydrogen-bond acceptors (Lipinski definition) is 5. The predicted octanol–water partition coefficient (Wildman–Crippen LogP) is 4.47. The molecule has 0 saturated heterocycles. The lowest BCUT2D eigenvalue weighted by Crippen LogP contribution is -2.24. The molecule has 1 aromatic heterocycles. The lowest BCUT2D eigenvalue weighted by atomic mass is 10.2. The molecule has 0 aliphatic carbocycles. The van der Waals surface area contributed by atoms with Gasteiger partial charge in [-0.2, -0.15) is 0 Å². The molecule has 9 heteroatoms. The summed E-state index contributed by atoms with van der Waals surface area (Å²) in [6.07, 6.45) is 2.32. The molecular formula is C21H20ClN3O4S. The van der Waals surface area contributed by atoms with Gasteiger partial charge in [-0.15, -0.1) is 0 Å². The fourth-order valence-electron chi connectivity index (χ4n) is 2.54. The van der Waals surface area contributed by atoms with Crippen LogP contribution < -0.4 is 14.8 Å². The molecule has 1 heterocycles. The second-order valence-corrected chi connectivity index (χ2v) is 8.42. The van der Waals surface area contributed by atoms with Gasteiger partial charge < -0.3 is 10.1 Å². The van der Waals surface area contributed by atoms with E-state index in [0.29, 0.717) is 23.0 Å². The Hall–Kier alpha value is -3.10. The van der Waals surface area contributed by atoms with E-state index < -0.39 is 10.0 Å². The van der Waals surface area contributed by atoms with Gasteiger partial charge in [0.05, 0.1) is 10.6 Å². The minimum atomic E-state index is -3.80.